The van der Waals surface area contributed by atoms with Gasteiger partial charge in [-0.25, -0.2) is 0 Å². The van der Waals surface area contributed by atoms with Crippen LogP contribution in [0.1, 0.15) is 11.1 Å². The molecule has 10 rings (SSSR count). The summed E-state index contributed by atoms with van der Waals surface area (Å²) < 4.78 is 52.1. The third kappa shape index (κ3) is 5.08. The average molecular weight is 705 g/mol. The summed E-state index contributed by atoms with van der Waals surface area (Å²) in [5, 5.41) is 3.47. The second-order valence-corrected chi connectivity index (χ2v) is 18.1. The molecule has 0 radical (unpaired) electrons. The summed E-state index contributed by atoms with van der Waals surface area (Å²) in [6, 6.07) is 47.8. The topological polar surface area (TPSA) is 73.8 Å². The third-order valence-corrected chi connectivity index (χ3v) is 17.0. The Bertz CT molecular complexity index is 1780. The molecular formula is C42H41O8P. The average Bonchev–Trinajstić information content (AvgIpc) is 3.18. The molecule has 9 heteroatoms. The van der Waals surface area contributed by atoms with Gasteiger partial charge in [-0.2, -0.15) is 0 Å². The van der Waals surface area contributed by atoms with Crippen LogP contribution in [0.5, 0.6) is 11.5 Å². The van der Waals surface area contributed by atoms with Crippen molar-refractivity contribution in [3.63, 3.8) is 0 Å². The fourth-order valence-electron chi connectivity index (χ4n) is 8.68. The summed E-state index contributed by atoms with van der Waals surface area (Å²) in [5.41, 5.74) is 1.13. The minimum atomic E-state index is -3.58. The third-order valence-electron chi connectivity index (χ3n) is 11.0. The molecule has 1 aliphatic carbocycles. The van der Waals surface area contributed by atoms with Gasteiger partial charge in [-0.3, -0.25) is 0 Å². The Hall–Kier alpha value is -4.11. The molecular weight excluding hydrogens is 663 g/mol. The van der Waals surface area contributed by atoms with Gasteiger partial charge in [0.05, 0.1) is 0 Å². The summed E-state index contributed by atoms with van der Waals surface area (Å²) in [7, 11) is 3.33. The first kappa shape index (κ1) is 32.8. The molecule has 4 heterocycles. The molecule has 5 fully saturated rings. The maximum atomic E-state index is 7.99. The first-order valence-corrected chi connectivity index (χ1v) is 19.7. The Balaban J connectivity index is 1.15. The number of ether oxygens (including phenoxy) is 7. The van der Waals surface area contributed by atoms with Crippen molar-refractivity contribution in [2.45, 2.75) is 55.8 Å². The zero-order chi connectivity index (χ0) is 34.5. The van der Waals surface area contributed by atoms with Gasteiger partial charge in [0.1, 0.15) is 0 Å². The second kappa shape index (κ2) is 12.8. The van der Waals surface area contributed by atoms with E-state index < -0.39 is 49.4 Å². The van der Waals surface area contributed by atoms with E-state index >= 15 is 0 Å². The predicted octanol–water partition coefficient (Wildman–Crippen LogP) is 5.87. The summed E-state index contributed by atoms with van der Waals surface area (Å²) in [5.74, 6) is 1.58. The summed E-state index contributed by atoms with van der Waals surface area (Å²) in [6.45, 7) is -3.71. The molecule has 7 atom stereocenters. The van der Waals surface area contributed by atoms with Crippen molar-refractivity contribution in [2.75, 3.05) is 20.4 Å². The maximum absolute atomic E-state index is 7.99. The summed E-state index contributed by atoms with van der Waals surface area (Å²) in [6.07, 6.45) is -1.70. The Labute approximate surface area is 298 Å². The Kier molecular flexibility index (Phi) is 8.25. The number of benzene rings is 5. The van der Waals surface area contributed by atoms with E-state index in [-0.39, 0.29) is 0 Å². The van der Waals surface area contributed by atoms with Crippen LogP contribution < -0.4 is 25.4 Å². The molecule has 3 unspecified atom stereocenters. The van der Waals surface area contributed by atoms with Crippen LogP contribution in [0.2, 0.25) is 0 Å². The van der Waals surface area contributed by atoms with Gasteiger partial charge in [-0.15, -0.1) is 0 Å². The molecule has 1 spiro atoms. The van der Waals surface area contributed by atoms with Crippen LogP contribution in [0.3, 0.4) is 0 Å². The van der Waals surface area contributed by atoms with Crippen LogP contribution in [0.25, 0.3) is 0 Å². The zero-order valence-corrected chi connectivity index (χ0v) is 29.5. The van der Waals surface area contributed by atoms with Crippen molar-refractivity contribution in [3.8, 4) is 11.5 Å². The van der Waals surface area contributed by atoms with Crippen molar-refractivity contribution in [2.24, 2.45) is 0 Å². The van der Waals surface area contributed by atoms with Gasteiger partial charge in [0.25, 0.3) is 0 Å². The second-order valence-electron chi connectivity index (χ2n) is 13.7. The number of rotatable bonds is 11. The van der Waals surface area contributed by atoms with Gasteiger partial charge >= 0.3 is 299 Å². The molecule has 8 nitrogen and oxygen atoms in total. The van der Waals surface area contributed by atoms with Gasteiger partial charge in [0.2, 0.25) is 0 Å². The van der Waals surface area contributed by atoms with E-state index in [0.717, 1.165) is 38.5 Å². The Morgan fingerprint density at radius 1 is 0.549 bits per heavy atom. The molecule has 262 valence electrons. The van der Waals surface area contributed by atoms with Crippen molar-refractivity contribution in [1.82, 2.24) is 0 Å². The van der Waals surface area contributed by atoms with Crippen molar-refractivity contribution in [3.05, 3.63) is 151 Å². The van der Waals surface area contributed by atoms with Crippen LogP contribution in [0.15, 0.2) is 140 Å². The monoisotopic (exact) mass is 704 g/mol. The van der Waals surface area contributed by atoms with Crippen LogP contribution in [0.4, 0.5) is 0 Å². The van der Waals surface area contributed by atoms with E-state index in [2.05, 4.69) is 91.0 Å². The molecule has 0 N–H and O–H groups in total. The van der Waals surface area contributed by atoms with Crippen molar-refractivity contribution in [1.29, 1.82) is 0 Å². The molecule has 0 aromatic heterocycles. The fraction of sp³-hybridized carbons (Fsp3) is 0.286. The number of methoxy groups -OCH3 is 2. The quantitative estimate of drug-likeness (QED) is 0.158. The van der Waals surface area contributed by atoms with Gasteiger partial charge in [0, 0.05) is 0 Å². The Morgan fingerprint density at radius 2 is 0.941 bits per heavy atom. The van der Waals surface area contributed by atoms with Crippen LogP contribution >= 0.6 is 6.83 Å². The predicted molar refractivity (Wildman–Crippen MR) is 195 cm³/mol. The van der Waals surface area contributed by atoms with E-state index in [9.17, 15) is 0 Å². The van der Waals surface area contributed by atoms with Gasteiger partial charge in [-0.1, -0.05) is 0 Å². The molecule has 5 aromatic carbocycles. The van der Waals surface area contributed by atoms with Crippen LogP contribution in [-0.4, -0.2) is 63.0 Å². The molecule has 4 aliphatic heterocycles. The zero-order valence-electron chi connectivity index (χ0n) is 28.6. The van der Waals surface area contributed by atoms with E-state index in [1.807, 2.05) is 48.5 Å². The fourth-order valence-corrected chi connectivity index (χ4v) is 15.1. The Morgan fingerprint density at radius 3 is 1.31 bits per heavy atom. The van der Waals surface area contributed by atoms with Crippen LogP contribution in [0, 0.1) is 0 Å². The standard InChI is InChI=1S/C42H41O8P/c1-43-31-22-18-29(19-23-31)26-45-37-36-38(46-27-30-20-24-32(44-2)25-21-30)40-42(39(37)48-41(47-36)49-40)28-51(50-42,33-12-6-3-7-13-33,34-14-8-4-9-15-34)35-16-10-5-11-17-35/h3-25,36-41H,26-28H2,1-2H3/t36?,37-,38+,39+,40-,41?,42?. The molecule has 4 saturated heterocycles. The normalized spacial score (nSPS) is 30.2. The van der Waals surface area contributed by atoms with Crippen LogP contribution in [-0.2, 0) is 41.4 Å². The molecule has 5 aliphatic rings. The van der Waals surface area contributed by atoms with E-state index in [0.29, 0.717) is 19.4 Å². The van der Waals surface area contributed by atoms with E-state index in [1.54, 1.807) is 14.2 Å². The molecule has 4 bridgehead atoms. The van der Waals surface area contributed by atoms with Gasteiger partial charge < -0.3 is 0 Å². The molecule has 51 heavy (non-hydrogen) atoms. The van der Waals surface area contributed by atoms with Gasteiger partial charge in [0.15, 0.2) is 0 Å². The first-order chi connectivity index (χ1) is 25.1. The molecule has 1 saturated carbocycles. The molecule has 0 amide bonds. The number of hydrogen-bond donors (Lipinski definition) is 0. The summed E-state index contributed by atoms with van der Waals surface area (Å²) >= 11 is 0. The van der Waals surface area contributed by atoms with Crippen molar-refractivity contribution < 1.29 is 37.7 Å². The van der Waals surface area contributed by atoms with Gasteiger partial charge in [-0.05, 0) is 0 Å². The number of hydrogen-bond acceptors (Lipinski definition) is 8. The van der Waals surface area contributed by atoms with Crippen molar-refractivity contribution >= 4 is 22.7 Å². The van der Waals surface area contributed by atoms with E-state index in [1.165, 1.54) is 0 Å². The SMILES string of the molecule is COc1ccc(CO[C@@H]2C3OC4O[C@H]([C@H]3OCc3ccc(OC)cc3)C3(CP(c5ccccc5)(c5ccccc5)(c5ccccc5)O3)[C@H]2O4)cc1. The molecule has 5 aromatic rings. The van der Waals surface area contributed by atoms with E-state index in [4.69, 9.17) is 37.7 Å². The summed E-state index contributed by atoms with van der Waals surface area (Å²) in [4.78, 5) is 0. The minimum absolute atomic E-state index is 0.353. The first-order valence-electron chi connectivity index (χ1n) is 17.4.